The number of aromatic nitrogens is 2. The van der Waals surface area contributed by atoms with Crippen molar-refractivity contribution in [2.45, 2.75) is 54.2 Å². The number of rotatable bonds is 6. The Labute approximate surface area is 164 Å². The Morgan fingerprint density at radius 3 is 2.48 bits per heavy atom. The van der Waals surface area contributed by atoms with E-state index in [4.69, 9.17) is 16.3 Å². The van der Waals surface area contributed by atoms with E-state index in [0.717, 1.165) is 11.1 Å². The second kappa shape index (κ2) is 8.57. The lowest BCUT2D eigenvalue weighted by Gasteiger charge is -2.15. The third kappa shape index (κ3) is 5.10. The van der Waals surface area contributed by atoms with Gasteiger partial charge in [0.2, 0.25) is 0 Å². The molecule has 1 N–H and O–H groups in total. The summed E-state index contributed by atoms with van der Waals surface area (Å²) in [5.74, 6) is -0.734. The molecule has 27 heavy (non-hydrogen) atoms. The first-order chi connectivity index (χ1) is 12.6. The van der Waals surface area contributed by atoms with Crippen molar-refractivity contribution in [1.29, 1.82) is 0 Å². The molecule has 0 fully saturated rings. The van der Waals surface area contributed by atoms with Gasteiger partial charge in [-0.15, -0.1) is 0 Å². The van der Waals surface area contributed by atoms with E-state index < -0.39 is 18.0 Å². The number of nitrogens with one attached hydrogen (secondary N) is 1. The van der Waals surface area contributed by atoms with Gasteiger partial charge in [0.1, 0.15) is 10.7 Å². The fourth-order valence-electron chi connectivity index (χ4n) is 2.71. The summed E-state index contributed by atoms with van der Waals surface area (Å²) in [6.45, 7) is 11.8. The molecule has 1 heterocycles. The number of anilines is 1. The number of hydrogen-bond acceptors (Lipinski definition) is 4. The van der Waals surface area contributed by atoms with Crippen LogP contribution in [0.2, 0.25) is 5.15 Å². The number of aryl methyl sites for hydroxylation is 3. The maximum atomic E-state index is 12.5. The van der Waals surface area contributed by atoms with Crippen molar-refractivity contribution in [1.82, 2.24) is 9.78 Å². The molecule has 0 saturated carbocycles. The van der Waals surface area contributed by atoms with E-state index in [1.807, 2.05) is 45.9 Å². The minimum Gasteiger partial charge on any atom is -0.449 e. The van der Waals surface area contributed by atoms with Gasteiger partial charge in [-0.25, -0.2) is 4.79 Å². The van der Waals surface area contributed by atoms with Crippen LogP contribution >= 0.6 is 11.6 Å². The molecule has 2 aromatic rings. The van der Waals surface area contributed by atoms with Crippen LogP contribution in [0.1, 0.15) is 48.0 Å². The summed E-state index contributed by atoms with van der Waals surface area (Å²) < 4.78 is 6.91. The molecule has 6 nitrogen and oxygen atoms in total. The molecule has 1 aromatic heterocycles. The van der Waals surface area contributed by atoms with Crippen molar-refractivity contribution in [3.05, 3.63) is 45.7 Å². The third-order valence-corrected chi connectivity index (χ3v) is 4.48. The minimum atomic E-state index is -0.970. The quantitative estimate of drug-likeness (QED) is 0.745. The predicted octanol–water partition coefficient (Wildman–Crippen LogP) is 4.30. The van der Waals surface area contributed by atoms with E-state index in [9.17, 15) is 9.59 Å². The third-order valence-electron chi connectivity index (χ3n) is 4.10. The van der Waals surface area contributed by atoms with E-state index in [-0.39, 0.29) is 10.7 Å². The molecule has 0 radical (unpaired) electrons. The average molecular weight is 392 g/mol. The van der Waals surface area contributed by atoms with Crippen molar-refractivity contribution < 1.29 is 14.3 Å². The van der Waals surface area contributed by atoms with Gasteiger partial charge in [0, 0.05) is 12.2 Å². The lowest BCUT2D eigenvalue weighted by atomic mass is 10.1. The Kier molecular flexibility index (Phi) is 6.65. The van der Waals surface area contributed by atoms with Gasteiger partial charge in [0.25, 0.3) is 5.91 Å². The molecule has 0 aliphatic rings. The van der Waals surface area contributed by atoms with Crippen molar-refractivity contribution in [2.75, 3.05) is 5.32 Å². The highest BCUT2D eigenvalue weighted by Gasteiger charge is 2.26. The van der Waals surface area contributed by atoms with Gasteiger partial charge in [0.15, 0.2) is 6.10 Å². The number of carbonyl (C=O) groups excluding carboxylic acids is 2. The van der Waals surface area contributed by atoms with E-state index in [1.165, 1.54) is 6.92 Å². The fourth-order valence-corrected chi connectivity index (χ4v) is 3.03. The van der Waals surface area contributed by atoms with Crippen LogP contribution in [0, 0.1) is 26.7 Å². The molecule has 0 saturated heterocycles. The highest BCUT2D eigenvalue weighted by Crippen LogP contribution is 2.23. The molecule has 0 unspecified atom stereocenters. The van der Waals surface area contributed by atoms with Crippen molar-refractivity contribution in [3.8, 4) is 0 Å². The van der Waals surface area contributed by atoms with Crippen LogP contribution in [0.25, 0.3) is 0 Å². The highest BCUT2D eigenvalue weighted by molar-refractivity contribution is 6.32. The van der Waals surface area contributed by atoms with Crippen molar-refractivity contribution >= 4 is 29.2 Å². The van der Waals surface area contributed by atoms with E-state index >= 15 is 0 Å². The van der Waals surface area contributed by atoms with Crippen LogP contribution < -0.4 is 5.32 Å². The number of ether oxygens (including phenoxy) is 1. The van der Waals surface area contributed by atoms with Crippen molar-refractivity contribution in [2.24, 2.45) is 5.92 Å². The topological polar surface area (TPSA) is 73.2 Å². The van der Waals surface area contributed by atoms with Gasteiger partial charge in [0.05, 0.1) is 5.69 Å². The summed E-state index contributed by atoms with van der Waals surface area (Å²) >= 11 is 6.30. The van der Waals surface area contributed by atoms with Crippen LogP contribution in [0.3, 0.4) is 0 Å². The summed E-state index contributed by atoms with van der Waals surface area (Å²) in [6, 6.07) is 5.71. The summed E-state index contributed by atoms with van der Waals surface area (Å²) in [5.41, 5.74) is 3.41. The number of benzene rings is 1. The van der Waals surface area contributed by atoms with Crippen LogP contribution in [0.4, 0.5) is 5.69 Å². The number of hydrogen-bond donors (Lipinski definition) is 1. The molecule has 1 atom stereocenters. The Bertz CT molecular complexity index is 858. The highest BCUT2D eigenvalue weighted by atomic mass is 35.5. The van der Waals surface area contributed by atoms with E-state index in [0.29, 0.717) is 23.8 Å². The maximum Gasteiger partial charge on any atom is 0.343 e. The maximum absolute atomic E-state index is 12.5. The van der Waals surface area contributed by atoms with Crippen LogP contribution in [-0.2, 0) is 16.1 Å². The zero-order chi connectivity index (χ0) is 20.3. The molecular formula is C20H26ClN3O3. The smallest absolute Gasteiger partial charge is 0.343 e. The minimum absolute atomic E-state index is 0.198. The Morgan fingerprint density at radius 2 is 1.89 bits per heavy atom. The molecule has 0 spiro atoms. The van der Waals surface area contributed by atoms with Crippen LogP contribution in [0.15, 0.2) is 18.2 Å². The first-order valence-corrected chi connectivity index (χ1v) is 9.30. The number of halogens is 1. The predicted molar refractivity (Wildman–Crippen MR) is 106 cm³/mol. The zero-order valence-corrected chi connectivity index (χ0v) is 17.3. The molecule has 1 amide bonds. The lowest BCUT2D eigenvalue weighted by Crippen LogP contribution is -2.30. The summed E-state index contributed by atoms with van der Waals surface area (Å²) in [4.78, 5) is 24.9. The Morgan fingerprint density at radius 1 is 1.22 bits per heavy atom. The van der Waals surface area contributed by atoms with E-state index in [1.54, 1.807) is 11.6 Å². The second-order valence-corrected chi connectivity index (χ2v) is 7.54. The number of carbonyl (C=O) groups is 2. The standard InChI is InChI=1S/C20H26ClN3O3/c1-11(2)10-24-18(21)17(14(5)23-24)20(26)27-15(6)19(25)22-16-8-7-12(3)9-13(16)4/h7-9,11,15H,10H2,1-6H3,(H,22,25)/t15-/m1/s1. The monoisotopic (exact) mass is 391 g/mol. The SMILES string of the molecule is Cc1ccc(NC(=O)[C@@H](C)OC(=O)c2c(C)nn(CC(C)C)c2Cl)c(C)c1. The summed E-state index contributed by atoms with van der Waals surface area (Å²) in [6.07, 6.45) is -0.970. The van der Waals surface area contributed by atoms with Gasteiger partial charge < -0.3 is 10.1 Å². The summed E-state index contributed by atoms with van der Waals surface area (Å²) in [7, 11) is 0. The van der Waals surface area contributed by atoms with Gasteiger partial charge in [-0.05, 0) is 45.2 Å². The number of nitrogens with zero attached hydrogens (tertiary/aromatic N) is 2. The average Bonchev–Trinajstić information content (AvgIpc) is 2.83. The van der Waals surface area contributed by atoms with Gasteiger partial charge in [-0.3, -0.25) is 9.48 Å². The summed E-state index contributed by atoms with van der Waals surface area (Å²) in [5, 5.41) is 7.31. The zero-order valence-electron chi connectivity index (χ0n) is 16.6. The normalized spacial score (nSPS) is 12.1. The molecule has 0 aliphatic heterocycles. The number of esters is 1. The van der Waals surface area contributed by atoms with E-state index in [2.05, 4.69) is 10.4 Å². The largest absolute Gasteiger partial charge is 0.449 e. The van der Waals surface area contributed by atoms with Crippen molar-refractivity contribution in [3.63, 3.8) is 0 Å². The lowest BCUT2D eigenvalue weighted by molar-refractivity contribution is -0.123. The molecule has 2 rings (SSSR count). The van der Waals surface area contributed by atoms with Crippen LogP contribution in [0.5, 0.6) is 0 Å². The Hall–Kier alpha value is -2.34. The van der Waals surface area contributed by atoms with Gasteiger partial charge >= 0.3 is 5.97 Å². The number of amides is 1. The molecule has 0 aliphatic carbocycles. The molecule has 146 valence electrons. The molecule has 0 bridgehead atoms. The molecule has 1 aromatic carbocycles. The van der Waals surface area contributed by atoms with Crippen LogP contribution in [-0.4, -0.2) is 27.8 Å². The first-order valence-electron chi connectivity index (χ1n) is 8.92. The molecule has 7 heteroatoms. The Balaban J connectivity index is 2.09. The van der Waals surface area contributed by atoms with Gasteiger partial charge in [-0.2, -0.15) is 5.10 Å². The fraction of sp³-hybridized carbons (Fsp3) is 0.450. The van der Waals surface area contributed by atoms with Gasteiger partial charge in [-0.1, -0.05) is 43.1 Å². The second-order valence-electron chi connectivity index (χ2n) is 7.18. The first kappa shape index (κ1) is 21.0. The molecular weight excluding hydrogens is 366 g/mol.